The third-order valence-electron chi connectivity index (χ3n) is 2.31. The highest BCUT2D eigenvalue weighted by atomic mass is 35.5. The lowest BCUT2D eigenvalue weighted by molar-refractivity contribution is 0.0696. The number of halogens is 2. The fourth-order valence-electron chi connectivity index (χ4n) is 1.40. The number of carboxylic acids is 1. The number of nitrogens with one attached hydrogen (secondary N) is 1. The zero-order valence-electron chi connectivity index (χ0n) is 9.31. The van der Waals surface area contributed by atoms with E-state index in [-0.39, 0.29) is 27.2 Å². The lowest BCUT2D eigenvalue weighted by atomic mass is 10.2. The summed E-state index contributed by atoms with van der Waals surface area (Å²) in [6.07, 6.45) is 0. The predicted molar refractivity (Wildman–Crippen MR) is 75.7 cm³/mol. The summed E-state index contributed by atoms with van der Waals surface area (Å²) in [4.78, 5) is 22.7. The maximum absolute atomic E-state index is 11.9. The average Bonchev–Trinajstić information content (AvgIpc) is 2.86. The third-order valence-corrected chi connectivity index (χ3v) is 3.59. The molecule has 2 aromatic rings. The molecule has 1 aromatic heterocycles. The van der Waals surface area contributed by atoms with Crippen LogP contribution < -0.4 is 5.32 Å². The van der Waals surface area contributed by atoms with Crippen LogP contribution in [0.15, 0.2) is 29.0 Å². The van der Waals surface area contributed by atoms with Crippen molar-refractivity contribution in [3.63, 3.8) is 0 Å². The zero-order chi connectivity index (χ0) is 14.0. The maximum atomic E-state index is 11.9. The number of amides is 1. The summed E-state index contributed by atoms with van der Waals surface area (Å²) in [7, 11) is 0. The van der Waals surface area contributed by atoms with E-state index in [4.69, 9.17) is 28.3 Å². The van der Waals surface area contributed by atoms with Crippen LogP contribution in [0.3, 0.4) is 0 Å². The Morgan fingerprint density at radius 3 is 2.26 bits per heavy atom. The van der Waals surface area contributed by atoms with Gasteiger partial charge in [-0.15, -0.1) is 0 Å². The Kier molecular flexibility index (Phi) is 4.09. The van der Waals surface area contributed by atoms with Crippen molar-refractivity contribution in [3.8, 4) is 0 Å². The van der Waals surface area contributed by atoms with Gasteiger partial charge in [-0.2, -0.15) is 11.3 Å². The number of rotatable bonds is 3. The average molecular weight is 316 g/mol. The largest absolute Gasteiger partial charge is 0.478 e. The van der Waals surface area contributed by atoms with Crippen LogP contribution in [0.2, 0.25) is 10.0 Å². The Hall–Kier alpha value is -1.56. The molecule has 2 rings (SSSR count). The molecule has 0 aliphatic rings. The molecule has 7 heteroatoms. The minimum absolute atomic E-state index is 0.0384. The Balaban J connectivity index is 2.31. The first-order chi connectivity index (χ1) is 8.99. The smallest absolute Gasteiger partial charge is 0.335 e. The molecule has 0 radical (unpaired) electrons. The molecule has 0 atom stereocenters. The van der Waals surface area contributed by atoms with E-state index in [1.54, 1.807) is 16.8 Å². The number of carbonyl (C=O) groups is 2. The number of hydrogen-bond donors (Lipinski definition) is 2. The highest BCUT2D eigenvalue weighted by molar-refractivity contribution is 7.08. The maximum Gasteiger partial charge on any atom is 0.335 e. The lowest BCUT2D eigenvalue weighted by Gasteiger charge is -2.09. The van der Waals surface area contributed by atoms with Crippen LogP contribution in [0.5, 0.6) is 0 Å². The van der Waals surface area contributed by atoms with Crippen LogP contribution in [0.25, 0.3) is 0 Å². The van der Waals surface area contributed by atoms with Gasteiger partial charge in [-0.25, -0.2) is 4.79 Å². The Labute approximate surface area is 122 Å². The SMILES string of the molecule is O=C(O)c1cc(Cl)c(NC(=O)c2ccsc2)c(Cl)c1. The number of thiophene rings is 1. The van der Waals surface area contributed by atoms with Crippen molar-refractivity contribution < 1.29 is 14.7 Å². The van der Waals surface area contributed by atoms with Crippen molar-refractivity contribution in [1.29, 1.82) is 0 Å². The van der Waals surface area contributed by atoms with Gasteiger partial charge < -0.3 is 10.4 Å². The first-order valence-electron chi connectivity index (χ1n) is 5.05. The lowest BCUT2D eigenvalue weighted by Crippen LogP contribution is -2.12. The molecule has 0 unspecified atom stereocenters. The van der Waals surface area contributed by atoms with Crippen molar-refractivity contribution in [1.82, 2.24) is 0 Å². The van der Waals surface area contributed by atoms with Gasteiger partial charge in [-0.05, 0) is 23.6 Å². The molecule has 0 saturated carbocycles. The van der Waals surface area contributed by atoms with Crippen LogP contribution in [0.1, 0.15) is 20.7 Å². The second kappa shape index (κ2) is 5.61. The van der Waals surface area contributed by atoms with Crippen LogP contribution in [0.4, 0.5) is 5.69 Å². The summed E-state index contributed by atoms with van der Waals surface area (Å²) in [5.74, 6) is -1.49. The van der Waals surface area contributed by atoms with Gasteiger partial charge >= 0.3 is 5.97 Å². The molecule has 98 valence electrons. The van der Waals surface area contributed by atoms with Gasteiger partial charge in [0.15, 0.2) is 0 Å². The van der Waals surface area contributed by atoms with Gasteiger partial charge in [0.05, 0.1) is 26.9 Å². The summed E-state index contributed by atoms with van der Waals surface area (Å²) >= 11 is 13.2. The number of carboxylic acid groups (broad SMARTS) is 1. The second-order valence-electron chi connectivity index (χ2n) is 3.59. The minimum atomic E-state index is -1.14. The van der Waals surface area contributed by atoms with E-state index < -0.39 is 5.97 Å². The van der Waals surface area contributed by atoms with Gasteiger partial charge in [-0.3, -0.25) is 4.79 Å². The molecule has 0 fully saturated rings. The molecule has 1 amide bonds. The van der Waals surface area contributed by atoms with Gasteiger partial charge in [0.25, 0.3) is 5.91 Å². The molecule has 19 heavy (non-hydrogen) atoms. The molecular formula is C12H7Cl2NO3S. The molecule has 0 aliphatic carbocycles. The van der Waals surface area contributed by atoms with E-state index in [1.165, 1.54) is 23.5 Å². The van der Waals surface area contributed by atoms with Crippen LogP contribution in [-0.2, 0) is 0 Å². The van der Waals surface area contributed by atoms with E-state index in [9.17, 15) is 9.59 Å². The van der Waals surface area contributed by atoms with Crippen molar-refractivity contribution in [2.75, 3.05) is 5.32 Å². The first kappa shape index (κ1) is 13.9. The second-order valence-corrected chi connectivity index (χ2v) is 5.18. The minimum Gasteiger partial charge on any atom is -0.478 e. The molecule has 0 saturated heterocycles. The zero-order valence-corrected chi connectivity index (χ0v) is 11.6. The van der Waals surface area contributed by atoms with E-state index in [2.05, 4.69) is 5.32 Å². The molecule has 1 heterocycles. The fourth-order valence-corrected chi connectivity index (χ4v) is 2.61. The standard InChI is InChI=1S/C12H7Cl2NO3S/c13-8-3-7(12(17)18)4-9(14)10(8)15-11(16)6-1-2-19-5-6/h1-5H,(H,15,16)(H,17,18). The van der Waals surface area contributed by atoms with Crippen LogP contribution >= 0.6 is 34.5 Å². The molecule has 0 aliphatic heterocycles. The third kappa shape index (κ3) is 3.07. The summed E-state index contributed by atoms with van der Waals surface area (Å²) in [6.45, 7) is 0. The number of anilines is 1. The topological polar surface area (TPSA) is 66.4 Å². The Bertz CT molecular complexity index is 617. The number of benzene rings is 1. The summed E-state index contributed by atoms with van der Waals surface area (Å²) < 4.78 is 0. The highest BCUT2D eigenvalue weighted by Gasteiger charge is 2.15. The number of hydrogen-bond acceptors (Lipinski definition) is 3. The monoisotopic (exact) mass is 315 g/mol. The van der Waals surface area contributed by atoms with E-state index in [0.717, 1.165) is 0 Å². The summed E-state index contributed by atoms with van der Waals surface area (Å²) in [5, 5.41) is 15.0. The van der Waals surface area contributed by atoms with Crippen molar-refractivity contribution in [2.24, 2.45) is 0 Å². The molecular weight excluding hydrogens is 309 g/mol. The number of carbonyl (C=O) groups excluding carboxylic acids is 1. The molecule has 2 N–H and O–H groups in total. The quantitative estimate of drug-likeness (QED) is 0.899. The Morgan fingerprint density at radius 1 is 1.16 bits per heavy atom. The molecule has 1 aromatic carbocycles. The molecule has 0 spiro atoms. The predicted octanol–water partition coefficient (Wildman–Crippen LogP) is 4.01. The van der Waals surface area contributed by atoms with E-state index in [0.29, 0.717) is 5.56 Å². The van der Waals surface area contributed by atoms with Crippen LogP contribution in [-0.4, -0.2) is 17.0 Å². The van der Waals surface area contributed by atoms with E-state index >= 15 is 0 Å². The summed E-state index contributed by atoms with van der Waals surface area (Å²) in [5.41, 5.74) is 0.646. The highest BCUT2D eigenvalue weighted by Crippen LogP contribution is 2.32. The van der Waals surface area contributed by atoms with Crippen molar-refractivity contribution >= 4 is 52.1 Å². The van der Waals surface area contributed by atoms with Gasteiger partial charge in [-0.1, -0.05) is 23.2 Å². The normalized spacial score (nSPS) is 10.2. The molecule has 0 bridgehead atoms. The van der Waals surface area contributed by atoms with Gasteiger partial charge in [0.1, 0.15) is 0 Å². The van der Waals surface area contributed by atoms with Crippen molar-refractivity contribution in [3.05, 3.63) is 50.1 Å². The van der Waals surface area contributed by atoms with Gasteiger partial charge in [0.2, 0.25) is 0 Å². The van der Waals surface area contributed by atoms with Gasteiger partial charge in [0, 0.05) is 5.38 Å². The Morgan fingerprint density at radius 2 is 1.79 bits per heavy atom. The summed E-state index contributed by atoms with van der Waals surface area (Å²) in [6, 6.07) is 4.13. The van der Waals surface area contributed by atoms with Crippen molar-refractivity contribution in [2.45, 2.75) is 0 Å². The molecule has 4 nitrogen and oxygen atoms in total. The van der Waals surface area contributed by atoms with Crippen LogP contribution in [0, 0.1) is 0 Å². The fraction of sp³-hybridized carbons (Fsp3) is 0. The van der Waals surface area contributed by atoms with E-state index in [1.807, 2.05) is 0 Å². The first-order valence-corrected chi connectivity index (χ1v) is 6.75. The number of aromatic carboxylic acids is 1.